The van der Waals surface area contributed by atoms with Crippen molar-refractivity contribution < 1.29 is 4.79 Å². The maximum atomic E-state index is 11.3. The first-order chi connectivity index (χ1) is 5.77. The van der Waals surface area contributed by atoms with Crippen molar-refractivity contribution in [2.75, 3.05) is 7.05 Å². The van der Waals surface area contributed by atoms with E-state index < -0.39 is 0 Å². The Bertz CT molecular complexity index is 156. The summed E-state index contributed by atoms with van der Waals surface area (Å²) in [6.45, 7) is 2.22. The quantitative estimate of drug-likeness (QED) is 0.672. The van der Waals surface area contributed by atoms with Crippen LogP contribution in [0.5, 0.6) is 0 Å². The van der Waals surface area contributed by atoms with E-state index in [0.717, 1.165) is 18.8 Å². The number of hydrogen-bond acceptors (Lipinski definition) is 1. The van der Waals surface area contributed by atoms with Crippen LogP contribution in [0.1, 0.15) is 39.0 Å². The van der Waals surface area contributed by atoms with Gasteiger partial charge in [0.2, 0.25) is 5.91 Å². The van der Waals surface area contributed by atoms with Gasteiger partial charge in [-0.15, -0.1) is 0 Å². The third-order valence-corrected chi connectivity index (χ3v) is 2.98. The van der Waals surface area contributed by atoms with Gasteiger partial charge in [0.15, 0.2) is 0 Å². The van der Waals surface area contributed by atoms with Crippen molar-refractivity contribution in [3.05, 3.63) is 0 Å². The van der Waals surface area contributed by atoms with Crippen LogP contribution in [0.25, 0.3) is 0 Å². The molecule has 0 aliphatic heterocycles. The fourth-order valence-electron chi connectivity index (χ4n) is 2.10. The largest absolute Gasteiger partial charge is 0.359 e. The third-order valence-electron chi connectivity index (χ3n) is 2.98. The molecule has 1 aliphatic rings. The summed E-state index contributed by atoms with van der Waals surface area (Å²) in [6, 6.07) is 0. The Morgan fingerprint density at radius 1 is 1.50 bits per heavy atom. The number of nitrogens with one attached hydrogen (secondary N) is 1. The van der Waals surface area contributed by atoms with Gasteiger partial charge in [-0.25, -0.2) is 0 Å². The van der Waals surface area contributed by atoms with Crippen molar-refractivity contribution in [2.24, 2.45) is 11.8 Å². The van der Waals surface area contributed by atoms with E-state index in [2.05, 4.69) is 12.2 Å². The molecular formula is C10H19NO. The average Bonchev–Trinajstić information content (AvgIpc) is 2.17. The van der Waals surface area contributed by atoms with Crippen molar-refractivity contribution in [1.29, 1.82) is 0 Å². The average molecular weight is 169 g/mol. The van der Waals surface area contributed by atoms with E-state index in [0.29, 0.717) is 5.92 Å². The molecule has 0 bridgehead atoms. The van der Waals surface area contributed by atoms with Crippen LogP contribution in [-0.2, 0) is 4.79 Å². The van der Waals surface area contributed by atoms with Gasteiger partial charge in [-0.2, -0.15) is 0 Å². The van der Waals surface area contributed by atoms with Crippen LogP contribution in [0.15, 0.2) is 0 Å². The summed E-state index contributed by atoms with van der Waals surface area (Å²) in [5, 5.41) is 2.74. The minimum atomic E-state index is 0.244. The molecule has 1 fully saturated rings. The van der Waals surface area contributed by atoms with Crippen LogP contribution in [-0.4, -0.2) is 13.0 Å². The Labute approximate surface area is 74.7 Å². The SMILES string of the molecule is CCC1CCCC(C(=O)NC)C1. The number of carbonyl (C=O) groups is 1. The molecule has 70 valence electrons. The van der Waals surface area contributed by atoms with Crippen LogP contribution in [0, 0.1) is 11.8 Å². The summed E-state index contributed by atoms with van der Waals surface area (Å²) in [5.74, 6) is 1.34. The molecule has 1 rings (SSSR count). The monoisotopic (exact) mass is 169 g/mol. The van der Waals surface area contributed by atoms with E-state index in [-0.39, 0.29) is 5.91 Å². The third kappa shape index (κ3) is 2.23. The molecule has 0 heterocycles. The lowest BCUT2D eigenvalue weighted by Crippen LogP contribution is -2.31. The highest BCUT2D eigenvalue weighted by Gasteiger charge is 2.25. The lowest BCUT2D eigenvalue weighted by molar-refractivity contribution is -0.125. The maximum Gasteiger partial charge on any atom is 0.222 e. The van der Waals surface area contributed by atoms with Crippen LogP contribution < -0.4 is 5.32 Å². The summed E-state index contributed by atoms with van der Waals surface area (Å²) >= 11 is 0. The smallest absolute Gasteiger partial charge is 0.222 e. The molecule has 12 heavy (non-hydrogen) atoms. The molecule has 1 aliphatic carbocycles. The molecule has 0 radical (unpaired) electrons. The first kappa shape index (κ1) is 9.56. The van der Waals surface area contributed by atoms with Gasteiger partial charge in [0.25, 0.3) is 0 Å². The highest BCUT2D eigenvalue weighted by Crippen LogP contribution is 2.30. The molecule has 2 atom stereocenters. The highest BCUT2D eigenvalue weighted by atomic mass is 16.1. The second-order valence-corrected chi connectivity index (χ2v) is 3.75. The Morgan fingerprint density at radius 2 is 2.25 bits per heavy atom. The molecule has 0 saturated heterocycles. The molecule has 2 unspecified atom stereocenters. The van der Waals surface area contributed by atoms with Crippen molar-refractivity contribution >= 4 is 5.91 Å². The number of amides is 1. The van der Waals surface area contributed by atoms with E-state index >= 15 is 0 Å². The van der Waals surface area contributed by atoms with Crippen molar-refractivity contribution in [3.8, 4) is 0 Å². The zero-order valence-electron chi connectivity index (χ0n) is 8.10. The van der Waals surface area contributed by atoms with E-state index in [1.807, 2.05) is 0 Å². The van der Waals surface area contributed by atoms with Gasteiger partial charge in [0.1, 0.15) is 0 Å². The number of rotatable bonds is 2. The Kier molecular flexibility index (Phi) is 3.57. The van der Waals surface area contributed by atoms with Crippen LogP contribution in [0.3, 0.4) is 0 Å². The Balaban J connectivity index is 2.40. The zero-order chi connectivity index (χ0) is 8.97. The summed E-state index contributed by atoms with van der Waals surface area (Å²) in [7, 11) is 1.73. The van der Waals surface area contributed by atoms with Gasteiger partial charge < -0.3 is 5.32 Å². The Hall–Kier alpha value is -0.530. The predicted octanol–water partition coefficient (Wildman–Crippen LogP) is 1.95. The molecule has 1 saturated carbocycles. The lowest BCUT2D eigenvalue weighted by atomic mass is 9.80. The van der Waals surface area contributed by atoms with Crippen molar-refractivity contribution in [3.63, 3.8) is 0 Å². The van der Waals surface area contributed by atoms with Gasteiger partial charge in [-0.1, -0.05) is 26.2 Å². The molecule has 2 nitrogen and oxygen atoms in total. The van der Waals surface area contributed by atoms with Crippen molar-refractivity contribution in [1.82, 2.24) is 5.32 Å². The summed E-state index contributed by atoms with van der Waals surface area (Å²) in [4.78, 5) is 11.3. The van der Waals surface area contributed by atoms with Gasteiger partial charge in [-0.3, -0.25) is 4.79 Å². The molecule has 0 aromatic carbocycles. The van der Waals surface area contributed by atoms with Crippen molar-refractivity contribution in [2.45, 2.75) is 39.0 Å². The lowest BCUT2D eigenvalue weighted by Gasteiger charge is -2.26. The summed E-state index contributed by atoms with van der Waals surface area (Å²) in [5.41, 5.74) is 0. The maximum absolute atomic E-state index is 11.3. The molecule has 1 N–H and O–H groups in total. The normalized spacial score (nSPS) is 29.8. The molecule has 0 spiro atoms. The standard InChI is InChI=1S/C10H19NO/c1-3-8-5-4-6-9(7-8)10(12)11-2/h8-9H,3-7H2,1-2H3,(H,11,12). The topological polar surface area (TPSA) is 29.1 Å². The van der Waals surface area contributed by atoms with E-state index in [1.54, 1.807) is 7.05 Å². The fraction of sp³-hybridized carbons (Fsp3) is 0.900. The number of carbonyl (C=O) groups excluding carboxylic acids is 1. The Morgan fingerprint density at radius 3 is 2.83 bits per heavy atom. The van der Waals surface area contributed by atoms with Gasteiger partial charge in [-0.05, 0) is 18.8 Å². The summed E-state index contributed by atoms with van der Waals surface area (Å²) < 4.78 is 0. The second-order valence-electron chi connectivity index (χ2n) is 3.75. The number of hydrogen-bond donors (Lipinski definition) is 1. The first-order valence-corrected chi connectivity index (χ1v) is 4.99. The van der Waals surface area contributed by atoms with E-state index in [1.165, 1.54) is 19.3 Å². The van der Waals surface area contributed by atoms with Gasteiger partial charge in [0, 0.05) is 13.0 Å². The van der Waals surface area contributed by atoms with Crippen LogP contribution >= 0.6 is 0 Å². The molecule has 0 aromatic heterocycles. The highest BCUT2D eigenvalue weighted by molar-refractivity contribution is 5.78. The van der Waals surface area contributed by atoms with Crippen LogP contribution in [0.4, 0.5) is 0 Å². The van der Waals surface area contributed by atoms with E-state index in [4.69, 9.17) is 0 Å². The summed E-state index contributed by atoms with van der Waals surface area (Å²) in [6.07, 6.45) is 5.99. The zero-order valence-corrected chi connectivity index (χ0v) is 8.10. The fourth-order valence-corrected chi connectivity index (χ4v) is 2.10. The van der Waals surface area contributed by atoms with E-state index in [9.17, 15) is 4.79 Å². The minimum absolute atomic E-state index is 0.244. The van der Waals surface area contributed by atoms with Gasteiger partial charge >= 0.3 is 0 Å². The van der Waals surface area contributed by atoms with Gasteiger partial charge in [0.05, 0.1) is 0 Å². The molecule has 1 amide bonds. The molecule has 2 heteroatoms. The first-order valence-electron chi connectivity index (χ1n) is 4.99. The second kappa shape index (κ2) is 4.48. The molecular weight excluding hydrogens is 150 g/mol. The minimum Gasteiger partial charge on any atom is -0.359 e. The predicted molar refractivity (Wildman–Crippen MR) is 49.8 cm³/mol. The van der Waals surface area contributed by atoms with Crippen LogP contribution in [0.2, 0.25) is 0 Å². The molecule has 0 aromatic rings.